The molecule has 1 aliphatic rings. The Labute approximate surface area is 130 Å². The first-order valence-electron chi connectivity index (χ1n) is 7.58. The molecule has 5 nitrogen and oxygen atoms in total. The van der Waals surface area contributed by atoms with Crippen LogP contribution in [0.25, 0.3) is 0 Å². The van der Waals surface area contributed by atoms with E-state index in [1.54, 1.807) is 23.3 Å². The molecule has 21 heavy (non-hydrogen) atoms. The van der Waals surface area contributed by atoms with Gasteiger partial charge in [0.25, 0.3) is 0 Å². The molecule has 1 N–H and O–H groups in total. The van der Waals surface area contributed by atoms with E-state index in [1.165, 1.54) is 23.4 Å². The van der Waals surface area contributed by atoms with Crippen LogP contribution in [0.3, 0.4) is 0 Å². The molecule has 0 spiro atoms. The second-order valence-electron chi connectivity index (χ2n) is 5.67. The van der Waals surface area contributed by atoms with E-state index in [0.29, 0.717) is 13.2 Å². The standard InChI is InChI=1S/C15H25N3O2S/c1-11(8-9-20-3)16-15(19)18(2)10-14-17-12-6-4-5-7-13(12)21-14/h11H,4-10H2,1-3H3,(H,16,19)/t11-/m0/s1. The summed E-state index contributed by atoms with van der Waals surface area (Å²) < 4.78 is 5.02. The van der Waals surface area contributed by atoms with Gasteiger partial charge in [-0.05, 0) is 39.0 Å². The number of aromatic nitrogens is 1. The number of fused-ring (bicyclic) bond motifs is 1. The van der Waals surface area contributed by atoms with E-state index < -0.39 is 0 Å². The van der Waals surface area contributed by atoms with Crippen molar-refractivity contribution in [1.82, 2.24) is 15.2 Å². The van der Waals surface area contributed by atoms with Crippen molar-refractivity contribution >= 4 is 17.4 Å². The number of rotatable bonds is 6. The van der Waals surface area contributed by atoms with Gasteiger partial charge >= 0.3 is 6.03 Å². The highest BCUT2D eigenvalue weighted by Crippen LogP contribution is 2.27. The first-order chi connectivity index (χ1) is 10.1. The van der Waals surface area contributed by atoms with Gasteiger partial charge in [-0.15, -0.1) is 11.3 Å². The lowest BCUT2D eigenvalue weighted by Gasteiger charge is -2.20. The Hall–Kier alpha value is -1.14. The first kappa shape index (κ1) is 16.2. The molecule has 0 saturated heterocycles. The number of hydrogen-bond donors (Lipinski definition) is 1. The summed E-state index contributed by atoms with van der Waals surface area (Å²) in [6.07, 6.45) is 5.57. The second kappa shape index (κ2) is 7.75. The van der Waals surface area contributed by atoms with Gasteiger partial charge in [-0.2, -0.15) is 0 Å². The minimum atomic E-state index is -0.0493. The van der Waals surface area contributed by atoms with Crippen LogP contribution in [0.4, 0.5) is 4.79 Å². The molecule has 0 unspecified atom stereocenters. The number of methoxy groups -OCH3 is 1. The predicted octanol–water partition coefficient (Wildman–Crippen LogP) is 2.59. The van der Waals surface area contributed by atoms with Gasteiger partial charge in [0.05, 0.1) is 12.2 Å². The SMILES string of the molecule is COCC[C@H](C)NC(=O)N(C)Cc1nc2c(s1)CCCC2. The summed E-state index contributed by atoms with van der Waals surface area (Å²) in [5.74, 6) is 0. The van der Waals surface area contributed by atoms with Crippen molar-refractivity contribution in [3.8, 4) is 0 Å². The Kier molecular flexibility index (Phi) is 5.99. The number of thiazole rings is 1. The van der Waals surface area contributed by atoms with E-state index in [-0.39, 0.29) is 12.1 Å². The van der Waals surface area contributed by atoms with Crippen LogP contribution in [0.1, 0.15) is 41.8 Å². The number of nitrogens with zero attached hydrogens (tertiary/aromatic N) is 2. The van der Waals surface area contributed by atoms with Gasteiger partial charge in [0.1, 0.15) is 5.01 Å². The fraction of sp³-hybridized carbons (Fsp3) is 0.733. The topological polar surface area (TPSA) is 54.5 Å². The van der Waals surface area contributed by atoms with Crippen LogP contribution in [-0.2, 0) is 24.1 Å². The highest BCUT2D eigenvalue weighted by atomic mass is 32.1. The molecule has 1 heterocycles. The second-order valence-corrected chi connectivity index (χ2v) is 6.84. The molecule has 0 fully saturated rings. The van der Waals surface area contributed by atoms with Crippen LogP contribution in [0.5, 0.6) is 0 Å². The Bertz CT molecular complexity index is 452. The maximum Gasteiger partial charge on any atom is 0.317 e. The third kappa shape index (κ3) is 4.68. The number of aryl methyl sites for hydroxylation is 2. The van der Waals surface area contributed by atoms with E-state index in [4.69, 9.17) is 4.74 Å². The Morgan fingerprint density at radius 2 is 2.24 bits per heavy atom. The highest BCUT2D eigenvalue weighted by molar-refractivity contribution is 7.11. The van der Waals surface area contributed by atoms with Crippen molar-refractivity contribution in [3.63, 3.8) is 0 Å². The number of urea groups is 1. The van der Waals surface area contributed by atoms with Crippen LogP contribution in [0.15, 0.2) is 0 Å². The largest absolute Gasteiger partial charge is 0.385 e. The van der Waals surface area contributed by atoms with Gasteiger partial charge in [0, 0.05) is 31.7 Å². The van der Waals surface area contributed by atoms with Crippen molar-refractivity contribution in [2.45, 2.75) is 51.6 Å². The average Bonchev–Trinajstić information content (AvgIpc) is 2.87. The smallest absolute Gasteiger partial charge is 0.317 e. The normalized spacial score (nSPS) is 15.4. The Morgan fingerprint density at radius 3 is 2.95 bits per heavy atom. The zero-order valence-corrected chi connectivity index (χ0v) is 14.0. The molecule has 0 radical (unpaired) electrons. The molecule has 1 aliphatic carbocycles. The molecule has 6 heteroatoms. The van der Waals surface area contributed by atoms with Crippen LogP contribution in [0.2, 0.25) is 0 Å². The monoisotopic (exact) mass is 311 g/mol. The van der Waals surface area contributed by atoms with Crippen molar-refractivity contribution in [1.29, 1.82) is 0 Å². The van der Waals surface area contributed by atoms with Gasteiger partial charge < -0.3 is 15.0 Å². The maximum absolute atomic E-state index is 12.1. The molecule has 1 aromatic heterocycles. The van der Waals surface area contributed by atoms with Gasteiger partial charge in [0.15, 0.2) is 0 Å². The van der Waals surface area contributed by atoms with Crippen LogP contribution in [-0.4, -0.2) is 42.7 Å². The van der Waals surface area contributed by atoms with Crippen molar-refractivity contribution in [2.24, 2.45) is 0 Å². The van der Waals surface area contributed by atoms with Gasteiger partial charge in [0.2, 0.25) is 0 Å². The minimum absolute atomic E-state index is 0.0493. The molecule has 2 amide bonds. The summed E-state index contributed by atoms with van der Waals surface area (Å²) in [5.41, 5.74) is 1.25. The lowest BCUT2D eigenvalue weighted by molar-refractivity contribution is 0.177. The lowest BCUT2D eigenvalue weighted by atomic mass is 10.0. The van der Waals surface area contributed by atoms with Crippen LogP contribution in [0, 0.1) is 0 Å². The fourth-order valence-electron chi connectivity index (χ4n) is 2.44. The van der Waals surface area contributed by atoms with Crippen LogP contribution < -0.4 is 5.32 Å². The lowest BCUT2D eigenvalue weighted by Crippen LogP contribution is -2.41. The molecule has 2 rings (SSSR count). The summed E-state index contributed by atoms with van der Waals surface area (Å²) in [5, 5.41) is 4.03. The van der Waals surface area contributed by atoms with E-state index in [0.717, 1.165) is 24.3 Å². The summed E-state index contributed by atoms with van der Waals surface area (Å²) in [6.45, 7) is 3.23. The molecule has 0 bridgehead atoms. The zero-order valence-electron chi connectivity index (χ0n) is 13.1. The molecule has 1 atom stereocenters. The number of hydrogen-bond acceptors (Lipinski definition) is 4. The van der Waals surface area contributed by atoms with E-state index >= 15 is 0 Å². The number of amides is 2. The molecule has 0 aromatic carbocycles. The van der Waals surface area contributed by atoms with E-state index in [9.17, 15) is 4.79 Å². The first-order valence-corrected chi connectivity index (χ1v) is 8.39. The quantitative estimate of drug-likeness (QED) is 0.878. The average molecular weight is 311 g/mol. The zero-order chi connectivity index (χ0) is 15.2. The Balaban J connectivity index is 1.84. The summed E-state index contributed by atoms with van der Waals surface area (Å²) in [6, 6.07) is 0.0659. The van der Waals surface area contributed by atoms with Crippen LogP contribution >= 0.6 is 11.3 Å². The molecule has 0 aliphatic heterocycles. The fourth-order valence-corrected chi connectivity index (χ4v) is 3.65. The summed E-state index contributed by atoms with van der Waals surface area (Å²) in [7, 11) is 3.49. The minimum Gasteiger partial charge on any atom is -0.385 e. The van der Waals surface area contributed by atoms with Gasteiger partial charge in [-0.25, -0.2) is 9.78 Å². The number of carbonyl (C=O) groups excluding carboxylic acids is 1. The van der Waals surface area contributed by atoms with E-state index in [2.05, 4.69) is 10.3 Å². The Morgan fingerprint density at radius 1 is 1.48 bits per heavy atom. The summed E-state index contributed by atoms with van der Waals surface area (Å²) in [4.78, 5) is 19.9. The van der Waals surface area contributed by atoms with E-state index in [1.807, 2.05) is 14.0 Å². The predicted molar refractivity (Wildman–Crippen MR) is 84.7 cm³/mol. The molecule has 118 valence electrons. The highest BCUT2D eigenvalue weighted by Gasteiger charge is 2.18. The van der Waals surface area contributed by atoms with Crippen molar-refractivity contribution in [3.05, 3.63) is 15.6 Å². The molecular weight excluding hydrogens is 286 g/mol. The number of ether oxygens (including phenoxy) is 1. The van der Waals surface area contributed by atoms with Gasteiger partial charge in [-0.3, -0.25) is 0 Å². The summed E-state index contributed by atoms with van der Waals surface area (Å²) >= 11 is 1.76. The van der Waals surface area contributed by atoms with Crippen molar-refractivity contribution in [2.75, 3.05) is 20.8 Å². The van der Waals surface area contributed by atoms with Crippen molar-refractivity contribution < 1.29 is 9.53 Å². The third-order valence-corrected chi connectivity index (χ3v) is 4.88. The number of carbonyl (C=O) groups is 1. The third-order valence-electron chi connectivity index (χ3n) is 3.73. The molecule has 0 saturated carbocycles. The number of nitrogens with one attached hydrogen (secondary N) is 1. The molecule has 1 aromatic rings. The van der Waals surface area contributed by atoms with Gasteiger partial charge in [-0.1, -0.05) is 0 Å². The molecular formula is C15H25N3O2S. The maximum atomic E-state index is 12.1.